The van der Waals surface area contributed by atoms with Gasteiger partial charge in [0.15, 0.2) is 5.96 Å². The Labute approximate surface area is 191 Å². The number of carbonyl (C=O) groups excluding carboxylic acids is 1. The Balaban J connectivity index is 0.00000300. The third-order valence-corrected chi connectivity index (χ3v) is 5.50. The van der Waals surface area contributed by atoms with Gasteiger partial charge in [0.25, 0.3) is 0 Å². The highest BCUT2D eigenvalue weighted by Crippen LogP contribution is 2.26. The van der Waals surface area contributed by atoms with Gasteiger partial charge in [-0.15, -0.1) is 24.0 Å². The molecule has 0 unspecified atom stereocenters. The first kappa shape index (κ1) is 23.5. The van der Waals surface area contributed by atoms with Crippen molar-refractivity contribution in [1.82, 2.24) is 15.1 Å². The highest BCUT2D eigenvalue weighted by Gasteiger charge is 2.22. The summed E-state index contributed by atoms with van der Waals surface area (Å²) in [6.45, 7) is 1.87. The number of carbonyl (C=O) groups is 1. The lowest BCUT2D eigenvalue weighted by Gasteiger charge is -2.31. The number of methoxy groups -OCH3 is 1. The lowest BCUT2D eigenvalue weighted by atomic mass is 9.99. The van der Waals surface area contributed by atoms with Crippen molar-refractivity contribution in [2.75, 3.05) is 40.8 Å². The molecule has 1 heterocycles. The molecule has 6 nitrogen and oxygen atoms in total. The van der Waals surface area contributed by atoms with Gasteiger partial charge < -0.3 is 19.9 Å². The molecule has 1 saturated carbocycles. The molecule has 1 fully saturated rings. The average Bonchev–Trinajstić information content (AvgIpc) is 3.24. The maximum atomic E-state index is 12.0. The molecule has 0 radical (unpaired) electrons. The number of nitrogens with zero attached hydrogens (tertiary/aromatic N) is 3. The Morgan fingerprint density at radius 3 is 2.69 bits per heavy atom. The summed E-state index contributed by atoms with van der Waals surface area (Å²) in [5.74, 6) is 1.77. The second-order valence-electron chi connectivity index (χ2n) is 7.71. The molecule has 1 aliphatic carbocycles. The first-order valence-electron chi connectivity index (χ1n) is 10.2. The van der Waals surface area contributed by atoms with Crippen molar-refractivity contribution < 1.29 is 9.53 Å². The van der Waals surface area contributed by atoms with Gasteiger partial charge in [0, 0.05) is 33.2 Å². The van der Waals surface area contributed by atoms with Gasteiger partial charge in [-0.1, -0.05) is 31.1 Å². The number of rotatable bonds is 5. The van der Waals surface area contributed by atoms with Gasteiger partial charge in [0.2, 0.25) is 5.91 Å². The molecule has 2 aliphatic rings. The monoisotopic (exact) mass is 512 g/mol. The van der Waals surface area contributed by atoms with Gasteiger partial charge in [-0.2, -0.15) is 0 Å². The summed E-state index contributed by atoms with van der Waals surface area (Å²) in [7, 11) is 5.24. The van der Waals surface area contributed by atoms with Gasteiger partial charge in [0.05, 0.1) is 7.11 Å². The van der Waals surface area contributed by atoms with Crippen molar-refractivity contribution in [1.29, 1.82) is 0 Å². The predicted molar refractivity (Wildman–Crippen MR) is 129 cm³/mol. The Bertz CT molecular complexity index is 742. The van der Waals surface area contributed by atoms with E-state index >= 15 is 0 Å². The number of hydrogen-bond acceptors (Lipinski definition) is 3. The third kappa shape index (κ3) is 6.62. The number of benzene rings is 1. The maximum Gasteiger partial charge on any atom is 0.243 e. The summed E-state index contributed by atoms with van der Waals surface area (Å²) in [5.41, 5.74) is 2.55. The van der Waals surface area contributed by atoms with E-state index < -0.39 is 0 Å². The second kappa shape index (κ2) is 11.4. The minimum absolute atomic E-state index is 0. The Morgan fingerprint density at radius 1 is 1.31 bits per heavy atom. The number of amides is 1. The standard InChI is InChI=1S/C22H32N4O2.HI/c1-25(2)21(27)16-23-22(24-19-8-4-5-9-19)26-13-11-17(12-14-26)18-7-6-10-20(15-18)28-3;/h6-7,10-11,15,19H,4-5,8-9,12-14,16H2,1-3H3,(H,23,24);1H. The quantitative estimate of drug-likeness (QED) is 0.374. The minimum Gasteiger partial charge on any atom is -0.497 e. The predicted octanol–water partition coefficient (Wildman–Crippen LogP) is 3.38. The van der Waals surface area contributed by atoms with E-state index in [0.717, 1.165) is 31.2 Å². The largest absolute Gasteiger partial charge is 0.497 e. The molecule has 0 atom stereocenters. The van der Waals surface area contributed by atoms with Crippen LogP contribution in [0.3, 0.4) is 0 Å². The van der Waals surface area contributed by atoms with Crippen LogP contribution < -0.4 is 10.1 Å². The zero-order valence-corrected chi connectivity index (χ0v) is 20.0. The summed E-state index contributed by atoms with van der Waals surface area (Å²) in [4.78, 5) is 20.5. The van der Waals surface area contributed by atoms with Crippen molar-refractivity contribution >= 4 is 41.4 Å². The summed E-state index contributed by atoms with van der Waals surface area (Å²) >= 11 is 0. The fraction of sp³-hybridized carbons (Fsp3) is 0.545. The van der Waals surface area contributed by atoms with Gasteiger partial charge in [-0.25, -0.2) is 4.99 Å². The zero-order valence-electron chi connectivity index (χ0n) is 17.7. The van der Waals surface area contributed by atoms with Crippen LogP contribution in [-0.2, 0) is 4.79 Å². The molecular formula is C22H33IN4O2. The van der Waals surface area contributed by atoms with Crippen LogP contribution in [0.4, 0.5) is 0 Å². The van der Waals surface area contributed by atoms with E-state index in [1.54, 1.807) is 26.1 Å². The minimum atomic E-state index is 0. The number of halogens is 1. The molecule has 1 aliphatic heterocycles. The molecule has 1 amide bonds. The Hall–Kier alpha value is -1.77. The maximum absolute atomic E-state index is 12.0. The number of nitrogens with one attached hydrogen (secondary N) is 1. The molecule has 0 aromatic heterocycles. The molecule has 160 valence electrons. The van der Waals surface area contributed by atoms with Crippen LogP contribution in [0.25, 0.3) is 5.57 Å². The van der Waals surface area contributed by atoms with Crippen molar-refractivity contribution in [3.63, 3.8) is 0 Å². The molecule has 1 aromatic rings. The van der Waals surface area contributed by atoms with E-state index in [1.165, 1.54) is 36.8 Å². The van der Waals surface area contributed by atoms with Crippen molar-refractivity contribution in [2.24, 2.45) is 4.99 Å². The van der Waals surface area contributed by atoms with Crippen LogP contribution in [0.5, 0.6) is 5.75 Å². The van der Waals surface area contributed by atoms with Gasteiger partial charge >= 0.3 is 0 Å². The normalized spacial score (nSPS) is 17.4. The lowest BCUT2D eigenvalue weighted by Crippen LogP contribution is -2.47. The molecule has 7 heteroatoms. The molecule has 1 N–H and O–H groups in total. The fourth-order valence-corrected chi connectivity index (χ4v) is 3.72. The first-order valence-corrected chi connectivity index (χ1v) is 10.2. The second-order valence-corrected chi connectivity index (χ2v) is 7.71. The fourth-order valence-electron chi connectivity index (χ4n) is 3.72. The van der Waals surface area contributed by atoms with Gasteiger partial charge in [0.1, 0.15) is 12.3 Å². The number of likely N-dealkylation sites (N-methyl/N-ethyl adjacent to an activating group) is 1. The number of ether oxygens (including phenoxy) is 1. The van der Waals surface area contributed by atoms with E-state index in [-0.39, 0.29) is 36.4 Å². The van der Waals surface area contributed by atoms with Crippen LogP contribution >= 0.6 is 24.0 Å². The van der Waals surface area contributed by atoms with E-state index in [1.807, 2.05) is 12.1 Å². The van der Waals surface area contributed by atoms with Crippen LogP contribution in [-0.4, -0.2) is 68.5 Å². The molecule has 0 spiro atoms. The highest BCUT2D eigenvalue weighted by molar-refractivity contribution is 14.0. The zero-order chi connectivity index (χ0) is 19.9. The van der Waals surface area contributed by atoms with Crippen molar-refractivity contribution in [2.45, 2.75) is 38.1 Å². The molecule has 29 heavy (non-hydrogen) atoms. The van der Waals surface area contributed by atoms with Crippen LogP contribution in [0.2, 0.25) is 0 Å². The lowest BCUT2D eigenvalue weighted by molar-refractivity contribution is -0.127. The number of aliphatic imine (C=N–C) groups is 1. The van der Waals surface area contributed by atoms with Crippen molar-refractivity contribution in [3.8, 4) is 5.75 Å². The van der Waals surface area contributed by atoms with Crippen LogP contribution in [0.15, 0.2) is 35.3 Å². The molecular weight excluding hydrogens is 479 g/mol. The first-order chi connectivity index (χ1) is 13.6. The van der Waals surface area contributed by atoms with Gasteiger partial charge in [-0.3, -0.25) is 4.79 Å². The SMILES string of the molecule is COc1cccc(C2=CCN(C(=NCC(=O)N(C)C)NC3CCCC3)CC2)c1.I. The number of hydrogen-bond donors (Lipinski definition) is 1. The molecule has 1 aromatic carbocycles. The van der Waals surface area contributed by atoms with E-state index in [9.17, 15) is 4.79 Å². The summed E-state index contributed by atoms with van der Waals surface area (Å²) in [6.07, 6.45) is 8.10. The van der Waals surface area contributed by atoms with E-state index in [2.05, 4.69) is 33.4 Å². The average molecular weight is 512 g/mol. The van der Waals surface area contributed by atoms with E-state index in [0.29, 0.717) is 6.04 Å². The summed E-state index contributed by atoms with van der Waals surface area (Å²) < 4.78 is 5.35. The Morgan fingerprint density at radius 2 is 2.07 bits per heavy atom. The topological polar surface area (TPSA) is 57.2 Å². The summed E-state index contributed by atoms with van der Waals surface area (Å²) in [5, 5.41) is 3.61. The Kier molecular flexibility index (Phi) is 9.26. The van der Waals surface area contributed by atoms with Crippen LogP contribution in [0.1, 0.15) is 37.7 Å². The summed E-state index contributed by atoms with van der Waals surface area (Å²) in [6, 6.07) is 8.69. The van der Waals surface area contributed by atoms with Crippen molar-refractivity contribution in [3.05, 3.63) is 35.9 Å². The molecule has 3 rings (SSSR count). The molecule has 0 bridgehead atoms. The van der Waals surface area contributed by atoms with Gasteiger partial charge in [-0.05, 0) is 42.5 Å². The molecule has 0 saturated heterocycles. The van der Waals surface area contributed by atoms with E-state index in [4.69, 9.17) is 4.74 Å². The number of guanidine groups is 1. The smallest absolute Gasteiger partial charge is 0.243 e. The third-order valence-electron chi connectivity index (χ3n) is 5.50. The highest BCUT2D eigenvalue weighted by atomic mass is 127. The van der Waals surface area contributed by atoms with Crippen LogP contribution in [0, 0.1) is 0 Å².